The molecule has 4 fully saturated rings. The van der Waals surface area contributed by atoms with E-state index in [4.69, 9.17) is 4.74 Å². The van der Waals surface area contributed by atoms with Crippen molar-refractivity contribution in [2.24, 2.45) is 40.4 Å². The van der Waals surface area contributed by atoms with Crippen LogP contribution in [0, 0.1) is 40.4 Å². The van der Waals surface area contributed by atoms with Crippen molar-refractivity contribution in [3.8, 4) is 0 Å². The zero-order valence-electron chi connectivity index (χ0n) is 17.3. The lowest BCUT2D eigenvalue weighted by molar-refractivity contribution is -0.159. The lowest BCUT2D eigenvalue weighted by Crippen LogP contribution is -2.56. The van der Waals surface area contributed by atoms with Gasteiger partial charge in [0.2, 0.25) is 0 Å². The maximum atomic E-state index is 12.3. The quantitative estimate of drug-likeness (QED) is 0.419. The molecule has 0 radical (unpaired) electrons. The van der Waals surface area contributed by atoms with Gasteiger partial charge in [0.25, 0.3) is 0 Å². The smallest absolute Gasteiger partial charge is 0.302 e. The van der Waals surface area contributed by atoms with Gasteiger partial charge in [-0.1, -0.05) is 29.8 Å². The largest absolute Gasteiger partial charge is 0.461 e. The van der Waals surface area contributed by atoms with E-state index in [1.54, 1.807) is 0 Å². The Balaban J connectivity index is 1.57. The number of Topliss-reactive ketones (excluding diaryl/α,β-unsaturated/α-hetero) is 1. The molecule has 0 heterocycles. The minimum atomic E-state index is -0.156. The molecule has 9 atom stereocenters. The Bertz CT molecular complexity index is 633. The topological polar surface area (TPSA) is 43.4 Å². The lowest BCUT2D eigenvalue weighted by atomic mass is 9.44. The van der Waals surface area contributed by atoms with Gasteiger partial charge in [-0.3, -0.25) is 9.59 Å². The van der Waals surface area contributed by atoms with Crippen LogP contribution in [0.1, 0.15) is 79.1 Å². The van der Waals surface area contributed by atoms with Crippen LogP contribution in [-0.2, 0) is 14.3 Å². The lowest BCUT2D eigenvalue weighted by Gasteiger charge is -2.61. The van der Waals surface area contributed by atoms with E-state index in [-0.39, 0.29) is 28.2 Å². The summed E-state index contributed by atoms with van der Waals surface area (Å²) in [6.07, 6.45) is 9.54. The molecule has 3 nitrogen and oxygen atoms in total. The summed E-state index contributed by atoms with van der Waals surface area (Å²) in [5.74, 6) is 3.47. The van der Waals surface area contributed by atoms with Gasteiger partial charge in [0.05, 0.1) is 4.83 Å². The van der Waals surface area contributed by atoms with Crippen LogP contribution in [0.4, 0.5) is 0 Å². The van der Waals surface area contributed by atoms with Crippen LogP contribution in [0.3, 0.4) is 0 Å². The molecule has 0 unspecified atom stereocenters. The third-order valence-corrected chi connectivity index (χ3v) is 10.3. The average Bonchev–Trinajstić information content (AvgIpc) is 2.93. The standard InChI is InChI=1S/C23H35BrO3/c1-13(25)17-7-8-18-16-6-5-15-11-21(27-14(2)26)20(24)12-23(15,4)19(16)9-10-22(17,18)3/h15-21H,5-12H2,1-4H3/t15-,16-,17+,18-,19-,20+,21-,22+,23-/m0/s1. The Kier molecular flexibility index (Phi) is 5.05. The van der Waals surface area contributed by atoms with E-state index < -0.39 is 0 Å². The van der Waals surface area contributed by atoms with E-state index in [2.05, 4.69) is 29.8 Å². The van der Waals surface area contributed by atoms with Crippen molar-refractivity contribution >= 4 is 27.7 Å². The summed E-state index contributed by atoms with van der Waals surface area (Å²) in [6, 6.07) is 0. The summed E-state index contributed by atoms with van der Waals surface area (Å²) in [5.41, 5.74) is 0.572. The number of carbonyl (C=O) groups is 2. The van der Waals surface area contributed by atoms with Gasteiger partial charge < -0.3 is 4.74 Å². The first kappa shape index (κ1) is 19.9. The molecule has 4 aliphatic rings. The summed E-state index contributed by atoms with van der Waals surface area (Å²) < 4.78 is 5.64. The van der Waals surface area contributed by atoms with Crippen LogP contribution in [-0.4, -0.2) is 22.7 Å². The molecule has 0 aliphatic heterocycles. The van der Waals surface area contributed by atoms with Crippen LogP contribution in [0.2, 0.25) is 0 Å². The van der Waals surface area contributed by atoms with Crippen molar-refractivity contribution in [2.75, 3.05) is 0 Å². The molecular formula is C23H35BrO3. The molecule has 4 aliphatic carbocycles. The fraction of sp³-hybridized carbons (Fsp3) is 0.913. The van der Waals surface area contributed by atoms with Crippen LogP contribution in [0.15, 0.2) is 0 Å². The van der Waals surface area contributed by atoms with E-state index >= 15 is 0 Å². The molecule has 27 heavy (non-hydrogen) atoms. The fourth-order valence-electron chi connectivity index (χ4n) is 8.22. The van der Waals surface area contributed by atoms with Crippen molar-refractivity contribution in [3.05, 3.63) is 0 Å². The van der Waals surface area contributed by atoms with Gasteiger partial charge in [0, 0.05) is 12.8 Å². The third-order valence-electron chi connectivity index (χ3n) is 9.43. The zero-order valence-corrected chi connectivity index (χ0v) is 18.9. The predicted molar refractivity (Wildman–Crippen MR) is 110 cm³/mol. The minimum absolute atomic E-state index is 0.0274. The van der Waals surface area contributed by atoms with Crippen molar-refractivity contribution in [1.29, 1.82) is 0 Å². The Labute approximate surface area is 172 Å². The molecular weight excluding hydrogens is 404 g/mol. The maximum Gasteiger partial charge on any atom is 0.302 e. The van der Waals surface area contributed by atoms with Crippen LogP contribution in [0.5, 0.6) is 0 Å². The number of carbonyl (C=O) groups excluding carboxylic acids is 2. The number of ether oxygens (including phenoxy) is 1. The van der Waals surface area contributed by atoms with Crippen molar-refractivity contribution in [2.45, 2.75) is 90.0 Å². The molecule has 0 amide bonds. The summed E-state index contributed by atoms with van der Waals surface area (Å²) in [4.78, 5) is 24.0. The predicted octanol–water partition coefficient (Wildman–Crippen LogP) is 5.54. The highest BCUT2D eigenvalue weighted by atomic mass is 79.9. The monoisotopic (exact) mass is 438 g/mol. The highest BCUT2D eigenvalue weighted by Gasteiger charge is 2.61. The van der Waals surface area contributed by atoms with Crippen LogP contribution >= 0.6 is 15.9 Å². The Morgan fingerprint density at radius 3 is 2.33 bits per heavy atom. The van der Waals surface area contributed by atoms with Gasteiger partial charge in [-0.25, -0.2) is 0 Å². The summed E-state index contributed by atoms with van der Waals surface area (Å²) in [5, 5.41) is 0. The molecule has 0 saturated heterocycles. The number of halogens is 1. The first-order valence-corrected chi connectivity index (χ1v) is 11.9. The van der Waals surface area contributed by atoms with Gasteiger partial charge in [0.15, 0.2) is 0 Å². The first-order valence-electron chi connectivity index (χ1n) is 11.0. The Morgan fingerprint density at radius 2 is 1.67 bits per heavy atom. The Hall–Kier alpha value is -0.380. The van der Waals surface area contributed by atoms with E-state index in [9.17, 15) is 9.59 Å². The van der Waals surface area contributed by atoms with Gasteiger partial charge in [0.1, 0.15) is 11.9 Å². The SMILES string of the molecule is CC(=O)O[C@H]1C[C@@H]2CC[C@@H]3[C@H](CC[C@]4(C)[C@@H](C(C)=O)CC[C@@H]34)[C@@]2(C)C[C@H]1Br. The van der Waals surface area contributed by atoms with Gasteiger partial charge in [-0.15, -0.1) is 0 Å². The average molecular weight is 439 g/mol. The minimum Gasteiger partial charge on any atom is -0.461 e. The summed E-state index contributed by atoms with van der Waals surface area (Å²) >= 11 is 3.87. The van der Waals surface area contributed by atoms with E-state index in [0.29, 0.717) is 17.1 Å². The number of hydrogen-bond acceptors (Lipinski definition) is 3. The molecule has 0 aromatic rings. The van der Waals surface area contributed by atoms with Gasteiger partial charge in [-0.2, -0.15) is 0 Å². The second-order valence-electron chi connectivity index (χ2n) is 10.5. The normalized spacial score (nSPS) is 51.7. The molecule has 4 heteroatoms. The maximum absolute atomic E-state index is 12.3. The highest BCUT2D eigenvalue weighted by molar-refractivity contribution is 9.09. The first-order chi connectivity index (χ1) is 12.7. The Morgan fingerprint density at radius 1 is 0.963 bits per heavy atom. The van der Waals surface area contributed by atoms with E-state index in [1.165, 1.54) is 39.0 Å². The number of rotatable bonds is 2. The molecule has 0 bridgehead atoms. The zero-order chi connectivity index (χ0) is 19.6. The van der Waals surface area contributed by atoms with E-state index in [1.807, 2.05) is 6.92 Å². The van der Waals surface area contributed by atoms with Crippen LogP contribution < -0.4 is 0 Å². The second-order valence-corrected chi connectivity index (χ2v) is 11.7. The van der Waals surface area contributed by atoms with Crippen molar-refractivity contribution < 1.29 is 14.3 Å². The molecule has 0 aromatic heterocycles. The van der Waals surface area contributed by atoms with Gasteiger partial charge >= 0.3 is 5.97 Å². The molecule has 4 rings (SSSR count). The number of esters is 1. The second kappa shape index (κ2) is 6.85. The molecule has 152 valence electrons. The summed E-state index contributed by atoms with van der Waals surface area (Å²) in [7, 11) is 0. The molecule has 0 N–H and O–H groups in total. The number of ketones is 1. The molecule has 0 spiro atoms. The van der Waals surface area contributed by atoms with E-state index in [0.717, 1.165) is 37.0 Å². The third kappa shape index (κ3) is 3.04. The van der Waals surface area contributed by atoms with Crippen molar-refractivity contribution in [3.63, 3.8) is 0 Å². The molecule has 0 aromatic carbocycles. The number of hydrogen-bond donors (Lipinski definition) is 0. The van der Waals surface area contributed by atoms with Gasteiger partial charge in [-0.05, 0) is 92.8 Å². The summed E-state index contributed by atoms with van der Waals surface area (Å²) in [6.45, 7) is 8.28. The highest BCUT2D eigenvalue weighted by Crippen LogP contribution is 2.67. The number of alkyl halides is 1. The fourth-order valence-corrected chi connectivity index (χ4v) is 9.24. The van der Waals surface area contributed by atoms with Crippen molar-refractivity contribution in [1.82, 2.24) is 0 Å². The molecule has 4 saturated carbocycles. The van der Waals surface area contributed by atoms with Crippen LogP contribution in [0.25, 0.3) is 0 Å². The number of fused-ring (bicyclic) bond motifs is 5.